The highest BCUT2D eigenvalue weighted by Gasteiger charge is 2.30. The Balaban J connectivity index is 1.54. The van der Waals surface area contributed by atoms with Crippen LogP contribution in [0.15, 0.2) is 36.5 Å². The third-order valence-electron chi connectivity index (χ3n) is 4.85. The molecule has 4 rings (SSSR count). The summed E-state index contributed by atoms with van der Waals surface area (Å²) in [4.78, 5) is 25.5. The first-order chi connectivity index (χ1) is 11.8. The molecular formula is C18H21N5O. The highest BCUT2D eigenvalue weighted by molar-refractivity contribution is 5.79. The van der Waals surface area contributed by atoms with Gasteiger partial charge in [-0.3, -0.25) is 4.79 Å². The zero-order valence-electron chi connectivity index (χ0n) is 13.8. The van der Waals surface area contributed by atoms with Gasteiger partial charge in [0.05, 0.1) is 23.5 Å². The summed E-state index contributed by atoms with van der Waals surface area (Å²) in [5.74, 6) is 0.886. The smallest absolute Gasteiger partial charge is 0.225 e. The Kier molecular flexibility index (Phi) is 3.80. The lowest BCUT2D eigenvalue weighted by Crippen LogP contribution is -2.30. The number of carbonyl (C=O) groups excluding carboxylic acids is 1. The van der Waals surface area contributed by atoms with E-state index in [1.807, 2.05) is 24.4 Å². The summed E-state index contributed by atoms with van der Waals surface area (Å²) in [5, 5.41) is 2.73. The average molecular weight is 323 g/mol. The molecule has 2 aromatic rings. The number of carbonyl (C=O) groups is 1. The van der Waals surface area contributed by atoms with Crippen LogP contribution in [-0.2, 0) is 11.2 Å². The number of aromatic nitrogens is 2. The van der Waals surface area contributed by atoms with Gasteiger partial charge in [0.15, 0.2) is 0 Å². The molecule has 1 aromatic carbocycles. The minimum Gasteiger partial charge on any atom is -0.359 e. The number of nitrogens with zero attached hydrogens (tertiary/aromatic N) is 4. The van der Waals surface area contributed by atoms with Crippen molar-refractivity contribution in [2.45, 2.75) is 12.8 Å². The average Bonchev–Trinajstić information content (AvgIpc) is 3.28. The first-order valence-electron chi connectivity index (χ1n) is 8.41. The lowest BCUT2D eigenvalue weighted by molar-refractivity contribution is -0.123. The lowest BCUT2D eigenvalue weighted by Gasteiger charge is -2.20. The summed E-state index contributed by atoms with van der Waals surface area (Å²) in [6.45, 7) is 2.46. The lowest BCUT2D eigenvalue weighted by atomic mass is 10.1. The molecule has 24 heavy (non-hydrogen) atoms. The second kappa shape index (κ2) is 6.11. The standard InChI is InChI=1S/C18H21N5O/c1-19-17(24)13-7-9-22(12-13)18-20-11-16-15(21-18)8-10-23(16)14-5-3-2-4-6-14/h2-6,11,13H,7-10,12H2,1H3,(H,19,24)/t13-/m1/s1. The van der Waals surface area contributed by atoms with Gasteiger partial charge in [-0.1, -0.05) is 18.2 Å². The van der Waals surface area contributed by atoms with Gasteiger partial charge in [-0.25, -0.2) is 9.97 Å². The number of amides is 1. The Labute approximate surface area is 141 Å². The monoisotopic (exact) mass is 323 g/mol. The fourth-order valence-corrected chi connectivity index (χ4v) is 3.54. The molecule has 2 aliphatic rings. The number of rotatable bonds is 3. The maximum absolute atomic E-state index is 11.8. The Morgan fingerprint density at radius 2 is 2.08 bits per heavy atom. The maximum atomic E-state index is 11.8. The van der Waals surface area contributed by atoms with Crippen molar-refractivity contribution in [1.82, 2.24) is 15.3 Å². The van der Waals surface area contributed by atoms with E-state index in [0.29, 0.717) is 6.54 Å². The van der Waals surface area contributed by atoms with Crippen molar-refractivity contribution in [2.24, 2.45) is 5.92 Å². The van der Waals surface area contributed by atoms with Crippen LogP contribution in [0.5, 0.6) is 0 Å². The van der Waals surface area contributed by atoms with E-state index < -0.39 is 0 Å². The van der Waals surface area contributed by atoms with E-state index in [1.54, 1.807) is 7.05 Å². The quantitative estimate of drug-likeness (QED) is 0.932. The van der Waals surface area contributed by atoms with Crippen LogP contribution in [0.2, 0.25) is 0 Å². The minimum absolute atomic E-state index is 0.0349. The Bertz CT molecular complexity index is 748. The second-order valence-corrected chi connectivity index (χ2v) is 6.28. The number of nitrogens with one attached hydrogen (secondary N) is 1. The molecule has 1 saturated heterocycles. The normalized spacial score (nSPS) is 19.5. The molecule has 0 spiro atoms. The fourth-order valence-electron chi connectivity index (χ4n) is 3.54. The summed E-state index contributed by atoms with van der Waals surface area (Å²) in [5.41, 5.74) is 3.35. The Morgan fingerprint density at radius 1 is 1.25 bits per heavy atom. The van der Waals surface area contributed by atoms with Crippen molar-refractivity contribution in [3.8, 4) is 0 Å². The van der Waals surface area contributed by atoms with Crippen molar-refractivity contribution >= 4 is 23.2 Å². The molecule has 124 valence electrons. The molecule has 6 heteroatoms. The van der Waals surface area contributed by atoms with E-state index >= 15 is 0 Å². The molecule has 0 saturated carbocycles. The van der Waals surface area contributed by atoms with Crippen molar-refractivity contribution in [1.29, 1.82) is 0 Å². The zero-order valence-corrected chi connectivity index (χ0v) is 13.8. The van der Waals surface area contributed by atoms with Crippen LogP contribution < -0.4 is 15.1 Å². The highest BCUT2D eigenvalue weighted by atomic mass is 16.1. The first kappa shape index (κ1) is 14.9. The SMILES string of the molecule is CNC(=O)[C@@H]1CCN(c2ncc3c(n2)CCN3c2ccccc2)C1. The van der Waals surface area contributed by atoms with E-state index in [9.17, 15) is 4.79 Å². The van der Waals surface area contributed by atoms with Gasteiger partial charge in [-0.05, 0) is 18.6 Å². The molecule has 1 atom stereocenters. The third kappa shape index (κ3) is 2.58. The molecule has 1 aromatic heterocycles. The van der Waals surface area contributed by atoms with Crippen LogP contribution in [-0.4, -0.2) is 42.6 Å². The molecule has 1 N–H and O–H groups in total. The molecular weight excluding hydrogens is 302 g/mol. The van der Waals surface area contributed by atoms with Crippen molar-refractivity contribution < 1.29 is 4.79 Å². The van der Waals surface area contributed by atoms with Crippen LogP contribution in [0, 0.1) is 5.92 Å². The molecule has 6 nitrogen and oxygen atoms in total. The van der Waals surface area contributed by atoms with Gasteiger partial charge < -0.3 is 15.1 Å². The molecule has 1 amide bonds. The number of hydrogen-bond acceptors (Lipinski definition) is 5. The number of fused-ring (bicyclic) bond motifs is 1. The van der Waals surface area contributed by atoms with Gasteiger partial charge in [0.2, 0.25) is 11.9 Å². The van der Waals surface area contributed by atoms with Crippen molar-refractivity contribution in [3.05, 3.63) is 42.2 Å². The number of para-hydroxylation sites is 1. The largest absolute Gasteiger partial charge is 0.359 e. The van der Waals surface area contributed by atoms with Crippen molar-refractivity contribution in [2.75, 3.05) is 36.5 Å². The molecule has 0 bridgehead atoms. The van der Waals surface area contributed by atoms with Gasteiger partial charge in [-0.15, -0.1) is 0 Å². The van der Waals surface area contributed by atoms with Gasteiger partial charge in [0.25, 0.3) is 0 Å². The van der Waals surface area contributed by atoms with Gasteiger partial charge in [-0.2, -0.15) is 0 Å². The van der Waals surface area contributed by atoms with E-state index in [1.165, 1.54) is 5.69 Å². The third-order valence-corrected chi connectivity index (χ3v) is 4.85. The molecule has 0 radical (unpaired) electrons. The predicted octanol–water partition coefficient (Wildman–Crippen LogP) is 1.74. The molecule has 0 aliphatic carbocycles. The summed E-state index contributed by atoms with van der Waals surface area (Å²) >= 11 is 0. The summed E-state index contributed by atoms with van der Waals surface area (Å²) < 4.78 is 0. The van der Waals surface area contributed by atoms with Crippen LogP contribution in [0.3, 0.4) is 0 Å². The number of benzene rings is 1. The van der Waals surface area contributed by atoms with Crippen LogP contribution in [0.1, 0.15) is 12.1 Å². The number of anilines is 3. The van der Waals surface area contributed by atoms with E-state index in [0.717, 1.165) is 43.3 Å². The zero-order chi connectivity index (χ0) is 16.5. The molecule has 1 fully saturated rings. The van der Waals surface area contributed by atoms with E-state index in [4.69, 9.17) is 4.98 Å². The molecule has 0 unspecified atom stereocenters. The molecule has 2 aliphatic heterocycles. The summed E-state index contributed by atoms with van der Waals surface area (Å²) in [6.07, 6.45) is 3.70. The summed E-state index contributed by atoms with van der Waals surface area (Å²) in [6, 6.07) is 10.3. The Hall–Kier alpha value is -2.63. The van der Waals surface area contributed by atoms with Gasteiger partial charge in [0.1, 0.15) is 0 Å². The Morgan fingerprint density at radius 3 is 2.88 bits per heavy atom. The van der Waals surface area contributed by atoms with Crippen molar-refractivity contribution in [3.63, 3.8) is 0 Å². The minimum atomic E-state index is 0.0349. The maximum Gasteiger partial charge on any atom is 0.225 e. The summed E-state index contributed by atoms with van der Waals surface area (Å²) in [7, 11) is 1.69. The van der Waals surface area contributed by atoms with Crippen LogP contribution in [0.25, 0.3) is 0 Å². The topological polar surface area (TPSA) is 61.4 Å². The van der Waals surface area contributed by atoms with Crippen LogP contribution in [0.4, 0.5) is 17.3 Å². The predicted molar refractivity (Wildman–Crippen MR) is 93.6 cm³/mol. The van der Waals surface area contributed by atoms with Gasteiger partial charge in [0, 0.05) is 38.8 Å². The highest BCUT2D eigenvalue weighted by Crippen LogP contribution is 2.34. The fraction of sp³-hybridized carbons (Fsp3) is 0.389. The number of hydrogen-bond donors (Lipinski definition) is 1. The van der Waals surface area contributed by atoms with E-state index in [2.05, 4.69) is 32.2 Å². The van der Waals surface area contributed by atoms with E-state index in [-0.39, 0.29) is 11.8 Å². The first-order valence-corrected chi connectivity index (χ1v) is 8.41. The second-order valence-electron chi connectivity index (χ2n) is 6.28. The van der Waals surface area contributed by atoms with Crippen LogP contribution >= 0.6 is 0 Å². The van der Waals surface area contributed by atoms with Gasteiger partial charge >= 0.3 is 0 Å². The molecule has 3 heterocycles.